The Labute approximate surface area is 122 Å². The summed E-state index contributed by atoms with van der Waals surface area (Å²) < 4.78 is 0. The number of para-hydroxylation sites is 1. The molecule has 3 unspecified atom stereocenters. The smallest absolute Gasteiger partial charge is 0.116 e. The summed E-state index contributed by atoms with van der Waals surface area (Å²) in [6.45, 7) is 9.92. The number of aliphatic imine (C=N–C) groups is 1. The highest BCUT2D eigenvalue weighted by Crippen LogP contribution is 2.38. The first-order chi connectivity index (χ1) is 9.66. The molecule has 0 saturated carbocycles. The second kappa shape index (κ2) is 5.47. The number of anilines is 1. The maximum Gasteiger partial charge on any atom is 0.116 e. The molecule has 1 aromatic carbocycles. The van der Waals surface area contributed by atoms with Gasteiger partial charge in [0.15, 0.2) is 0 Å². The lowest BCUT2D eigenvalue weighted by molar-refractivity contribution is 0.419. The predicted octanol–water partition coefficient (Wildman–Crippen LogP) is 3.03. The Morgan fingerprint density at radius 1 is 1.25 bits per heavy atom. The first kappa shape index (κ1) is 13.5. The molecule has 3 rings (SSSR count). The highest BCUT2D eigenvalue weighted by atomic mass is 15.2. The van der Waals surface area contributed by atoms with Crippen molar-refractivity contribution in [2.45, 2.75) is 39.2 Å². The molecule has 3 atom stereocenters. The molecular formula is C17H25N3. The molecule has 3 nitrogen and oxygen atoms in total. The van der Waals surface area contributed by atoms with Crippen molar-refractivity contribution >= 4 is 11.5 Å². The summed E-state index contributed by atoms with van der Waals surface area (Å²) in [5, 5.41) is 3.41. The molecule has 0 aliphatic carbocycles. The summed E-state index contributed by atoms with van der Waals surface area (Å²) in [5.41, 5.74) is 2.88. The average molecular weight is 271 g/mol. The van der Waals surface area contributed by atoms with Crippen LogP contribution in [-0.2, 0) is 0 Å². The Morgan fingerprint density at radius 2 is 2.05 bits per heavy atom. The van der Waals surface area contributed by atoms with Crippen molar-refractivity contribution in [1.82, 2.24) is 5.32 Å². The van der Waals surface area contributed by atoms with E-state index in [1.807, 2.05) is 0 Å². The van der Waals surface area contributed by atoms with Gasteiger partial charge in [-0.25, -0.2) is 0 Å². The van der Waals surface area contributed by atoms with Gasteiger partial charge in [-0.15, -0.1) is 0 Å². The third-order valence-electron chi connectivity index (χ3n) is 4.88. The first-order valence-corrected chi connectivity index (χ1v) is 7.79. The van der Waals surface area contributed by atoms with Crippen molar-refractivity contribution < 1.29 is 0 Å². The normalized spacial score (nSPS) is 29.4. The zero-order valence-electron chi connectivity index (χ0n) is 12.8. The number of hydrogen-bond acceptors (Lipinski definition) is 3. The van der Waals surface area contributed by atoms with Crippen LogP contribution < -0.4 is 10.2 Å². The number of benzene rings is 1. The molecule has 108 valence electrons. The molecule has 0 spiro atoms. The highest BCUT2D eigenvalue weighted by molar-refractivity contribution is 5.88. The van der Waals surface area contributed by atoms with E-state index in [4.69, 9.17) is 0 Å². The molecule has 1 N–H and O–H groups in total. The lowest BCUT2D eigenvalue weighted by Crippen LogP contribution is -2.43. The predicted molar refractivity (Wildman–Crippen MR) is 85.8 cm³/mol. The molecule has 2 aliphatic rings. The van der Waals surface area contributed by atoms with E-state index in [2.05, 4.69) is 60.2 Å². The summed E-state index contributed by atoms with van der Waals surface area (Å²) >= 11 is 0. The van der Waals surface area contributed by atoms with Crippen molar-refractivity contribution in [1.29, 1.82) is 0 Å². The van der Waals surface area contributed by atoms with E-state index >= 15 is 0 Å². The molecule has 1 aromatic rings. The fraction of sp³-hybridized carbons (Fsp3) is 0.588. The third-order valence-corrected chi connectivity index (χ3v) is 4.88. The van der Waals surface area contributed by atoms with Crippen LogP contribution in [-0.4, -0.2) is 31.5 Å². The number of nitrogens with zero attached hydrogens (tertiary/aromatic N) is 2. The zero-order chi connectivity index (χ0) is 14.1. The topological polar surface area (TPSA) is 27.6 Å². The minimum atomic E-state index is 0.547. The van der Waals surface area contributed by atoms with Gasteiger partial charge in [0.2, 0.25) is 0 Å². The van der Waals surface area contributed by atoms with Crippen LogP contribution in [0, 0.1) is 5.92 Å². The molecule has 0 bridgehead atoms. The minimum Gasteiger partial charge on any atom is -0.370 e. The Morgan fingerprint density at radius 3 is 2.80 bits per heavy atom. The Kier molecular flexibility index (Phi) is 3.68. The number of nitrogens with one attached hydrogen (secondary N) is 1. The fourth-order valence-electron chi connectivity index (χ4n) is 3.52. The van der Waals surface area contributed by atoms with Gasteiger partial charge in [0.05, 0.1) is 13.1 Å². The van der Waals surface area contributed by atoms with Gasteiger partial charge < -0.3 is 10.2 Å². The third kappa shape index (κ3) is 2.41. The fourth-order valence-corrected chi connectivity index (χ4v) is 3.52. The summed E-state index contributed by atoms with van der Waals surface area (Å²) in [4.78, 5) is 7.12. The van der Waals surface area contributed by atoms with E-state index in [9.17, 15) is 0 Å². The molecule has 0 aromatic heterocycles. The lowest BCUT2D eigenvalue weighted by atomic mass is 9.90. The molecule has 2 aliphatic heterocycles. The van der Waals surface area contributed by atoms with Crippen LogP contribution in [0.4, 0.5) is 5.69 Å². The molecule has 3 heteroatoms. The van der Waals surface area contributed by atoms with Crippen molar-refractivity contribution in [2.24, 2.45) is 10.9 Å². The van der Waals surface area contributed by atoms with Crippen molar-refractivity contribution in [3.8, 4) is 0 Å². The van der Waals surface area contributed by atoms with Crippen LogP contribution in [0.2, 0.25) is 0 Å². The number of hydrogen-bond donors (Lipinski definition) is 1. The monoisotopic (exact) mass is 271 g/mol. The van der Waals surface area contributed by atoms with Gasteiger partial charge in [-0.3, -0.25) is 4.99 Å². The second-order valence-electron chi connectivity index (χ2n) is 6.30. The molecular weight excluding hydrogens is 246 g/mol. The molecule has 0 amide bonds. The van der Waals surface area contributed by atoms with Gasteiger partial charge in [-0.1, -0.05) is 32.0 Å². The van der Waals surface area contributed by atoms with Crippen LogP contribution in [0.15, 0.2) is 29.3 Å². The molecule has 20 heavy (non-hydrogen) atoms. The number of fused-ring (bicyclic) bond motifs is 1. The van der Waals surface area contributed by atoms with Gasteiger partial charge >= 0.3 is 0 Å². The van der Waals surface area contributed by atoms with Crippen LogP contribution in [0.5, 0.6) is 0 Å². The average Bonchev–Trinajstić information content (AvgIpc) is 2.94. The first-order valence-electron chi connectivity index (χ1n) is 7.79. The maximum atomic E-state index is 4.58. The summed E-state index contributed by atoms with van der Waals surface area (Å²) in [6, 6.07) is 9.44. The van der Waals surface area contributed by atoms with Gasteiger partial charge in [-0.2, -0.15) is 0 Å². The van der Waals surface area contributed by atoms with Crippen LogP contribution in [0.1, 0.15) is 38.7 Å². The van der Waals surface area contributed by atoms with Crippen molar-refractivity contribution in [2.75, 3.05) is 24.5 Å². The number of rotatable bonds is 2. The van der Waals surface area contributed by atoms with E-state index in [1.54, 1.807) is 0 Å². The maximum absolute atomic E-state index is 4.58. The van der Waals surface area contributed by atoms with Crippen LogP contribution in [0.25, 0.3) is 0 Å². The highest BCUT2D eigenvalue weighted by Gasteiger charge is 2.30. The van der Waals surface area contributed by atoms with Gasteiger partial charge in [0, 0.05) is 18.3 Å². The quantitative estimate of drug-likeness (QED) is 0.895. The van der Waals surface area contributed by atoms with E-state index < -0.39 is 0 Å². The van der Waals surface area contributed by atoms with Crippen molar-refractivity contribution in [3.63, 3.8) is 0 Å². The molecule has 0 fully saturated rings. The lowest BCUT2D eigenvalue weighted by Gasteiger charge is -2.33. The van der Waals surface area contributed by atoms with Crippen molar-refractivity contribution in [3.05, 3.63) is 29.8 Å². The Hall–Kier alpha value is -1.51. The van der Waals surface area contributed by atoms with Gasteiger partial charge in [0.25, 0.3) is 0 Å². The van der Waals surface area contributed by atoms with Crippen LogP contribution in [0.3, 0.4) is 0 Å². The SMILES string of the molecule is CC1CC(C)C(C)N(CC2=NCCN2)c2ccccc21. The second-order valence-corrected chi connectivity index (χ2v) is 6.30. The van der Waals surface area contributed by atoms with E-state index in [1.165, 1.54) is 17.7 Å². The molecule has 0 radical (unpaired) electrons. The van der Waals surface area contributed by atoms with Crippen LogP contribution >= 0.6 is 0 Å². The summed E-state index contributed by atoms with van der Waals surface area (Å²) in [6.07, 6.45) is 1.26. The summed E-state index contributed by atoms with van der Waals surface area (Å²) in [7, 11) is 0. The number of amidine groups is 1. The van der Waals surface area contributed by atoms with E-state index in [0.717, 1.165) is 25.5 Å². The molecule has 0 saturated heterocycles. The largest absolute Gasteiger partial charge is 0.370 e. The zero-order valence-corrected chi connectivity index (χ0v) is 12.8. The van der Waals surface area contributed by atoms with Gasteiger partial charge in [-0.05, 0) is 36.8 Å². The Bertz CT molecular complexity index is 509. The van der Waals surface area contributed by atoms with Gasteiger partial charge in [0.1, 0.15) is 5.84 Å². The molecule has 2 heterocycles. The standard InChI is InChI=1S/C17H25N3/c1-12-10-13(2)15-6-4-5-7-16(15)20(14(12)3)11-17-18-8-9-19-17/h4-7,12-14H,8-11H2,1-3H3,(H,18,19). The van der Waals surface area contributed by atoms with E-state index in [0.29, 0.717) is 17.9 Å². The van der Waals surface area contributed by atoms with E-state index in [-0.39, 0.29) is 0 Å². The minimum absolute atomic E-state index is 0.547. The Balaban J connectivity index is 1.97. The summed E-state index contributed by atoms with van der Waals surface area (Å²) in [5.74, 6) is 2.47.